The molecule has 2 N–H and O–H groups in total. The van der Waals surface area contributed by atoms with E-state index in [-0.39, 0.29) is 0 Å². The molecule has 1 aromatic rings. The molecule has 0 aromatic carbocycles. The number of nitrogens with zero attached hydrogens (tertiary/aromatic N) is 1. The fourth-order valence-electron chi connectivity index (χ4n) is 0.421. The molecule has 0 aliphatic rings. The van der Waals surface area contributed by atoms with Crippen molar-refractivity contribution < 1.29 is 17.5 Å². The molecule has 11 heavy (non-hydrogen) atoms. The molecule has 0 unspecified atom stereocenters. The van der Waals surface area contributed by atoms with Crippen molar-refractivity contribution in [3.63, 3.8) is 0 Å². The zero-order valence-electron chi connectivity index (χ0n) is 5.88. The summed E-state index contributed by atoms with van der Waals surface area (Å²) < 4.78 is 33.6. The Morgan fingerprint density at radius 2 is 1.45 bits per heavy atom. The van der Waals surface area contributed by atoms with Gasteiger partial charge in [-0.2, -0.15) is 8.42 Å². The van der Waals surface area contributed by atoms with Gasteiger partial charge >= 0.3 is 10.4 Å². The van der Waals surface area contributed by atoms with E-state index < -0.39 is 10.4 Å². The van der Waals surface area contributed by atoms with Crippen LogP contribution >= 0.6 is 0 Å². The van der Waals surface area contributed by atoms with Gasteiger partial charge in [0.25, 0.3) is 0 Å². The summed E-state index contributed by atoms with van der Waals surface area (Å²) in [5.74, 6) is 0. The van der Waals surface area contributed by atoms with Gasteiger partial charge in [-0.1, -0.05) is 0 Å². The Kier molecular flexibility index (Phi) is 3.80. The molecule has 0 bridgehead atoms. The van der Waals surface area contributed by atoms with E-state index in [1.54, 1.807) is 0 Å². The Labute approximate surface area is 64.9 Å². The molecule has 64 valence electrons. The van der Waals surface area contributed by atoms with Crippen LogP contribution in [0.4, 0.5) is 0 Å². The van der Waals surface area contributed by atoms with E-state index in [9.17, 15) is 0 Å². The lowest BCUT2D eigenvalue weighted by molar-refractivity contribution is 0.381. The zero-order chi connectivity index (χ0) is 8.91. The molecule has 0 spiro atoms. The fourth-order valence-corrected chi connectivity index (χ4v) is 0.421. The first-order valence-corrected chi connectivity index (χ1v) is 4.06. The second-order valence-electron chi connectivity index (χ2n) is 1.80. The first kappa shape index (κ1) is 10.2. The van der Waals surface area contributed by atoms with Gasteiger partial charge in [-0.3, -0.25) is 9.11 Å². The van der Waals surface area contributed by atoms with E-state index in [0.29, 0.717) is 0 Å². The molecule has 5 nitrogen and oxygen atoms in total. The third kappa shape index (κ3) is 12.4. The van der Waals surface area contributed by atoms with Crippen molar-refractivity contribution in [2.75, 3.05) is 0 Å². The standard InChI is InChI=1S/C5H7N.H2O4S/c1-6-4-2-3-5-6;1-5(2,3)4/h2-5H,1H3;(H2,1,2,3,4). The number of rotatable bonds is 0. The maximum atomic E-state index is 8.74. The van der Waals surface area contributed by atoms with Gasteiger partial charge in [-0.15, -0.1) is 0 Å². The van der Waals surface area contributed by atoms with Gasteiger partial charge in [-0.25, -0.2) is 0 Å². The van der Waals surface area contributed by atoms with E-state index in [1.165, 1.54) is 0 Å². The molecule has 1 rings (SSSR count). The molecule has 0 aliphatic heterocycles. The zero-order valence-corrected chi connectivity index (χ0v) is 6.69. The number of hydrogen-bond donors (Lipinski definition) is 2. The molecular formula is C5H9NO4S. The lowest BCUT2D eigenvalue weighted by Gasteiger charge is -1.79. The highest BCUT2D eigenvalue weighted by molar-refractivity contribution is 7.79. The number of aryl methyl sites for hydroxylation is 1. The highest BCUT2D eigenvalue weighted by Crippen LogP contribution is 1.80. The Hall–Kier alpha value is -0.850. The van der Waals surface area contributed by atoms with Crippen LogP contribution in [-0.4, -0.2) is 22.1 Å². The van der Waals surface area contributed by atoms with Crippen molar-refractivity contribution in [2.45, 2.75) is 0 Å². The van der Waals surface area contributed by atoms with Crippen molar-refractivity contribution in [2.24, 2.45) is 7.05 Å². The second-order valence-corrected chi connectivity index (χ2v) is 2.69. The smallest absolute Gasteiger partial charge is 0.357 e. The predicted molar refractivity (Wildman–Crippen MR) is 39.6 cm³/mol. The molecule has 0 fully saturated rings. The summed E-state index contributed by atoms with van der Waals surface area (Å²) >= 11 is 0. The minimum atomic E-state index is -4.67. The molecular weight excluding hydrogens is 170 g/mol. The van der Waals surface area contributed by atoms with Crippen LogP contribution in [0.25, 0.3) is 0 Å². The Morgan fingerprint density at radius 3 is 1.55 bits per heavy atom. The van der Waals surface area contributed by atoms with E-state index in [0.717, 1.165) is 0 Å². The van der Waals surface area contributed by atoms with Crippen LogP contribution in [0.2, 0.25) is 0 Å². The van der Waals surface area contributed by atoms with Crippen LogP contribution in [0.5, 0.6) is 0 Å². The third-order valence-corrected chi connectivity index (χ3v) is 0.754. The van der Waals surface area contributed by atoms with Gasteiger partial charge in [0.15, 0.2) is 0 Å². The normalized spacial score (nSPS) is 10.1. The van der Waals surface area contributed by atoms with E-state index >= 15 is 0 Å². The Balaban J connectivity index is 0.000000187. The maximum absolute atomic E-state index is 8.74. The molecule has 0 aliphatic carbocycles. The largest absolute Gasteiger partial charge is 0.394 e. The van der Waals surface area contributed by atoms with E-state index in [4.69, 9.17) is 17.5 Å². The molecule has 1 heterocycles. The molecule has 0 saturated heterocycles. The quantitative estimate of drug-likeness (QED) is 0.564. The molecule has 0 saturated carbocycles. The van der Waals surface area contributed by atoms with Gasteiger partial charge < -0.3 is 4.57 Å². The van der Waals surface area contributed by atoms with Crippen molar-refractivity contribution in [3.05, 3.63) is 24.5 Å². The van der Waals surface area contributed by atoms with Gasteiger partial charge in [0.1, 0.15) is 0 Å². The van der Waals surface area contributed by atoms with Crippen LogP contribution in [0.3, 0.4) is 0 Å². The summed E-state index contributed by atoms with van der Waals surface area (Å²) in [5.41, 5.74) is 0. The summed E-state index contributed by atoms with van der Waals surface area (Å²) in [6.45, 7) is 0. The maximum Gasteiger partial charge on any atom is 0.394 e. The van der Waals surface area contributed by atoms with Gasteiger partial charge in [-0.05, 0) is 12.1 Å². The monoisotopic (exact) mass is 179 g/mol. The van der Waals surface area contributed by atoms with Crippen LogP contribution in [0.1, 0.15) is 0 Å². The summed E-state index contributed by atoms with van der Waals surface area (Å²) in [5, 5.41) is 0. The molecule has 6 heteroatoms. The van der Waals surface area contributed by atoms with Crippen LogP contribution in [0, 0.1) is 0 Å². The SMILES string of the molecule is Cn1cccc1.O=S(=O)(O)O. The lowest BCUT2D eigenvalue weighted by Crippen LogP contribution is -1.89. The average Bonchev–Trinajstić information content (AvgIpc) is 2.12. The van der Waals surface area contributed by atoms with E-state index in [1.807, 2.05) is 36.1 Å². The van der Waals surface area contributed by atoms with Gasteiger partial charge in [0, 0.05) is 19.4 Å². The molecule has 0 atom stereocenters. The van der Waals surface area contributed by atoms with Crippen molar-refractivity contribution in [3.8, 4) is 0 Å². The van der Waals surface area contributed by atoms with Crippen molar-refractivity contribution >= 4 is 10.4 Å². The van der Waals surface area contributed by atoms with Gasteiger partial charge in [0.05, 0.1) is 0 Å². The summed E-state index contributed by atoms with van der Waals surface area (Å²) in [4.78, 5) is 0. The summed E-state index contributed by atoms with van der Waals surface area (Å²) in [7, 11) is -2.67. The second kappa shape index (κ2) is 4.12. The Morgan fingerprint density at radius 1 is 1.18 bits per heavy atom. The average molecular weight is 179 g/mol. The fraction of sp³-hybridized carbons (Fsp3) is 0.200. The summed E-state index contributed by atoms with van der Waals surface area (Å²) in [6.07, 6.45) is 4.00. The van der Waals surface area contributed by atoms with Crippen molar-refractivity contribution in [1.29, 1.82) is 0 Å². The lowest BCUT2D eigenvalue weighted by atomic mass is 10.7. The molecule has 1 aromatic heterocycles. The van der Waals surface area contributed by atoms with Crippen LogP contribution < -0.4 is 0 Å². The highest BCUT2D eigenvalue weighted by Gasteiger charge is 1.84. The Bertz CT molecular complexity index is 267. The van der Waals surface area contributed by atoms with Crippen LogP contribution in [-0.2, 0) is 17.4 Å². The first-order chi connectivity index (χ1) is 4.89. The predicted octanol–water partition coefficient (Wildman–Crippen LogP) is 0.372. The van der Waals surface area contributed by atoms with Crippen LogP contribution in [0.15, 0.2) is 24.5 Å². The van der Waals surface area contributed by atoms with Crippen molar-refractivity contribution in [1.82, 2.24) is 4.57 Å². The molecule has 0 radical (unpaired) electrons. The number of aromatic nitrogens is 1. The molecule has 0 amide bonds. The van der Waals surface area contributed by atoms with E-state index in [2.05, 4.69) is 0 Å². The topological polar surface area (TPSA) is 79.5 Å². The van der Waals surface area contributed by atoms with Gasteiger partial charge in [0.2, 0.25) is 0 Å². The first-order valence-electron chi connectivity index (χ1n) is 2.66. The minimum Gasteiger partial charge on any atom is -0.357 e. The summed E-state index contributed by atoms with van der Waals surface area (Å²) in [6, 6.07) is 4.00. The minimum absolute atomic E-state index is 2.00. The number of hydrogen-bond acceptors (Lipinski definition) is 2. The third-order valence-electron chi connectivity index (χ3n) is 0.754. The highest BCUT2D eigenvalue weighted by atomic mass is 32.3.